The molecule has 0 unspecified atom stereocenters. The zero-order valence-corrected chi connectivity index (χ0v) is 15.8. The lowest BCUT2D eigenvalue weighted by Crippen LogP contribution is -2.01. The smallest absolute Gasteiger partial charge is 0.227 e. The molecule has 28 heavy (non-hydrogen) atoms. The van der Waals surface area contributed by atoms with Gasteiger partial charge in [-0.05, 0) is 54.8 Å². The first-order valence-corrected chi connectivity index (χ1v) is 9.47. The summed E-state index contributed by atoms with van der Waals surface area (Å²) in [4.78, 5) is 8.94. The van der Waals surface area contributed by atoms with Gasteiger partial charge in [-0.3, -0.25) is 9.67 Å². The van der Waals surface area contributed by atoms with E-state index in [-0.39, 0.29) is 0 Å². The van der Waals surface area contributed by atoms with Gasteiger partial charge in [-0.15, -0.1) is 0 Å². The fourth-order valence-corrected chi connectivity index (χ4v) is 3.15. The molecule has 0 N–H and O–H groups in total. The van der Waals surface area contributed by atoms with Crippen LogP contribution in [0.4, 0.5) is 0 Å². The van der Waals surface area contributed by atoms with E-state index in [1.54, 1.807) is 12.4 Å². The summed E-state index contributed by atoms with van der Waals surface area (Å²) in [6, 6.07) is 18.0. The highest BCUT2D eigenvalue weighted by Gasteiger charge is 2.12. The van der Waals surface area contributed by atoms with Crippen LogP contribution in [0.25, 0.3) is 11.1 Å². The molecule has 1 aromatic carbocycles. The molecular formula is C23H22N4O. The van der Waals surface area contributed by atoms with Gasteiger partial charge in [0.15, 0.2) is 0 Å². The van der Waals surface area contributed by atoms with Crippen LogP contribution in [0.15, 0.2) is 79.4 Å². The summed E-state index contributed by atoms with van der Waals surface area (Å²) in [5.41, 5.74) is 4.29. The number of ether oxygens (including phenoxy) is 1. The van der Waals surface area contributed by atoms with Gasteiger partial charge in [-0.1, -0.05) is 25.1 Å². The topological polar surface area (TPSA) is 52.8 Å². The number of aromatic nitrogens is 4. The van der Waals surface area contributed by atoms with Gasteiger partial charge in [0.2, 0.25) is 5.88 Å². The number of nitrogens with zero attached hydrogens (tertiary/aromatic N) is 4. The van der Waals surface area contributed by atoms with Crippen LogP contribution in [0, 0.1) is 0 Å². The van der Waals surface area contributed by atoms with Gasteiger partial charge >= 0.3 is 0 Å². The Hall–Kier alpha value is -3.47. The largest absolute Gasteiger partial charge is 0.438 e. The van der Waals surface area contributed by atoms with E-state index in [4.69, 9.17) is 4.74 Å². The zero-order chi connectivity index (χ0) is 19.2. The number of benzene rings is 1. The van der Waals surface area contributed by atoms with Crippen molar-refractivity contribution in [2.45, 2.75) is 26.3 Å². The first kappa shape index (κ1) is 17.9. The minimum absolute atomic E-state index is 0.592. The molecule has 0 spiro atoms. The summed E-state index contributed by atoms with van der Waals surface area (Å²) in [5, 5.41) is 4.24. The Kier molecular flexibility index (Phi) is 5.43. The molecule has 0 saturated carbocycles. The lowest BCUT2D eigenvalue weighted by atomic mass is 10.0. The van der Waals surface area contributed by atoms with Crippen LogP contribution in [0.1, 0.15) is 18.2 Å². The van der Waals surface area contributed by atoms with Crippen molar-refractivity contribution in [2.24, 2.45) is 0 Å². The first-order valence-electron chi connectivity index (χ1n) is 9.47. The third-order valence-electron chi connectivity index (χ3n) is 4.61. The average molecular weight is 370 g/mol. The second kappa shape index (κ2) is 8.48. The van der Waals surface area contributed by atoms with E-state index in [0.29, 0.717) is 5.88 Å². The maximum absolute atomic E-state index is 6.11. The van der Waals surface area contributed by atoms with Crippen molar-refractivity contribution in [1.82, 2.24) is 19.7 Å². The standard InChI is InChI=1S/C23H22N4O/c1-2-22-20(6-3-13-24-22)21-7-4-14-25-23(21)28-19-10-8-18(9-11-19)12-17-27-16-5-15-26-27/h3-11,13-16H,2,12,17H2,1H3. The highest BCUT2D eigenvalue weighted by atomic mass is 16.5. The molecule has 4 aromatic rings. The predicted octanol–water partition coefficient (Wildman–Crippen LogP) is 4.94. The zero-order valence-electron chi connectivity index (χ0n) is 15.8. The normalized spacial score (nSPS) is 10.8. The van der Waals surface area contributed by atoms with Crippen LogP contribution < -0.4 is 4.74 Å². The van der Waals surface area contributed by atoms with Gasteiger partial charge < -0.3 is 4.74 Å². The number of pyridine rings is 2. The monoisotopic (exact) mass is 370 g/mol. The predicted molar refractivity (Wildman–Crippen MR) is 109 cm³/mol. The van der Waals surface area contributed by atoms with Crippen LogP contribution in [0.5, 0.6) is 11.6 Å². The van der Waals surface area contributed by atoms with Gasteiger partial charge in [-0.2, -0.15) is 5.10 Å². The van der Waals surface area contributed by atoms with E-state index in [0.717, 1.165) is 42.0 Å². The number of aryl methyl sites for hydroxylation is 3. The Balaban J connectivity index is 1.52. The lowest BCUT2D eigenvalue weighted by Gasteiger charge is -2.12. The molecule has 0 aliphatic rings. The minimum Gasteiger partial charge on any atom is -0.438 e. The average Bonchev–Trinajstić information content (AvgIpc) is 3.27. The summed E-state index contributed by atoms with van der Waals surface area (Å²) in [7, 11) is 0. The molecular weight excluding hydrogens is 348 g/mol. The Morgan fingerprint density at radius 2 is 1.64 bits per heavy atom. The molecule has 5 heteroatoms. The third kappa shape index (κ3) is 4.09. The Morgan fingerprint density at radius 1 is 0.857 bits per heavy atom. The second-order valence-corrected chi connectivity index (χ2v) is 6.47. The SMILES string of the molecule is CCc1ncccc1-c1cccnc1Oc1ccc(CCn2cccn2)cc1. The summed E-state index contributed by atoms with van der Waals surface area (Å²) in [5.74, 6) is 1.36. The molecule has 0 fully saturated rings. The number of hydrogen-bond acceptors (Lipinski definition) is 4. The van der Waals surface area contributed by atoms with Crippen LogP contribution in [0.2, 0.25) is 0 Å². The van der Waals surface area contributed by atoms with Gasteiger partial charge in [0.25, 0.3) is 0 Å². The van der Waals surface area contributed by atoms with Crippen molar-refractivity contribution < 1.29 is 4.74 Å². The van der Waals surface area contributed by atoms with E-state index in [9.17, 15) is 0 Å². The molecule has 4 rings (SSSR count). The second-order valence-electron chi connectivity index (χ2n) is 6.47. The molecule has 0 bridgehead atoms. The van der Waals surface area contributed by atoms with Crippen LogP contribution >= 0.6 is 0 Å². The molecule has 0 saturated heterocycles. The van der Waals surface area contributed by atoms with E-state index in [1.807, 2.05) is 53.5 Å². The first-order chi connectivity index (χ1) is 13.8. The van der Waals surface area contributed by atoms with E-state index >= 15 is 0 Å². The van der Waals surface area contributed by atoms with Crippen molar-refractivity contribution in [3.63, 3.8) is 0 Å². The van der Waals surface area contributed by atoms with Crippen molar-refractivity contribution in [2.75, 3.05) is 0 Å². The number of hydrogen-bond donors (Lipinski definition) is 0. The van der Waals surface area contributed by atoms with E-state index in [1.165, 1.54) is 5.56 Å². The van der Waals surface area contributed by atoms with Crippen molar-refractivity contribution >= 4 is 0 Å². The van der Waals surface area contributed by atoms with Crippen LogP contribution in [-0.2, 0) is 19.4 Å². The molecule has 0 atom stereocenters. The molecule has 3 aromatic heterocycles. The summed E-state index contributed by atoms with van der Waals surface area (Å²) < 4.78 is 8.05. The van der Waals surface area contributed by atoms with Gasteiger partial charge in [0.1, 0.15) is 5.75 Å². The molecule has 0 amide bonds. The van der Waals surface area contributed by atoms with Crippen LogP contribution in [-0.4, -0.2) is 19.7 Å². The molecule has 5 nitrogen and oxygen atoms in total. The molecule has 0 aliphatic heterocycles. The maximum atomic E-state index is 6.11. The fraction of sp³-hybridized carbons (Fsp3) is 0.174. The summed E-state index contributed by atoms with van der Waals surface area (Å²) in [6.45, 7) is 2.96. The van der Waals surface area contributed by atoms with E-state index in [2.05, 4.69) is 40.2 Å². The van der Waals surface area contributed by atoms with Crippen molar-refractivity contribution in [3.8, 4) is 22.8 Å². The molecule has 140 valence electrons. The third-order valence-corrected chi connectivity index (χ3v) is 4.61. The highest BCUT2D eigenvalue weighted by Crippen LogP contribution is 2.32. The fourth-order valence-electron chi connectivity index (χ4n) is 3.15. The minimum atomic E-state index is 0.592. The molecule has 0 radical (unpaired) electrons. The van der Waals surface area contributed by atoms with Crippen molar-refractivity contribution in [3.05, 3.63) is 90.6 Å². The van der Waals surface area contributed by atoms with Crippen molar-refractivity contribution in [1.29, 1.82) is 0 Å². The Morgan fingerprint density at radius 3 is 2.39 bits per heavy atom. The Bertz CT molecular complexity index is 1030. The Labute approximate surface area is 164 Å². The van der Waals surface area contributed by atoms with Gasteiger partial charge in [0, 0.05) is 48.2 Å². The maximum Gasteiger partial charge on any atom is 0.227 e. The quantitative estimate of drug-likeness (QED) is 0.462. The van der Waals surface area contributed by atoms with E-state index < -0.39 is 0 Å². The van der Waals surface area contributed by atoms with Gasteiger partial charge in [0.05, 0.1) is 0 Å². The summed E-state index contributed by atoms with van der Waals surface area (Å²) in [6.07, 6.45) is 9.12. The molecule has 0 aliphatic carbocycles. The molecule has 3 heterocycles. The summed E-state index contributed by atoms with van der Waals surface area (Å²) >= 11 is 0. The highest BCUT2D eigenvalue weighted by molar-refractivity contribution is 5.70. The number of rotatable bonds is 7. The van der Waals surface area contributed by atoms with Gasteiger partial charge in [-0.25, -0.2) is 4.98 Å². The van der Waals surface area contributed by atoms with Crippen LogP contribution in [0.3, 0.4) is 0 Å². The lowest BCUT2D eigenvalue weighted by molar-refractivity contribution is 0.464.